The fourth-order valence-electron chi connectivity index (χ4n) is 0.990. The zero-order valence-corrected chi connectivity index (χ0v) is 8.45. The largest absolute Gasteiger partial charge is 0.345 e. The molecule has 1 amide bonds. The molecule has 2 atom stereocenters. The molecule has 0 aliphatic carbocycles. The van der Waals surface area contributed by atoms with E-state index in [0.717, 1.165) is 12.8 Å². The molecule has 0 saturated carbocycles. The number of rotatable bonds is 7. The molecule has 1 radical (unpaired) electrons. The molecule has 0 aliphatic rings. The van der Waals surface area contributed by atoms with Crippen LogP contribution in [0.5, 0.6) is 0 Å². The number of amides is 1. The van der Waals surface area contributed by atoms with Gasteiger partial charge in [-0.05, 0) is 26.3 Å². The Labute approximate surface area is 84.2 Å². The Balaban J connectivity index is 3.70. The first-order chi connectivity index (χ1) is 6.61. The highest BCUT2D eigenvalue weighted by atomic mass is 16.2. The van der Waals surface area contributed by atoms with E-state index in [4.69, 9.17) is 11.5 Å². The summed E-state index contributed by atoms with van der Waals surface area (Å²) in [5.74, 6) is -0.308. The number of nitrogens with one attached hydrogen (secondary N) is 1. The average molecular weight is 200 g/mol. The van der Waals surface area contributed by atoms with Crippen molar-refractivity contribution in [3.8, 4) is 0 Å². The van der Waals surface area contributed by atoms with Gasteiger partial charge in [-0.1, -0.05) is 6.42 Å². The Hall–Kier alpha value is -0.940. The maximum atomic E-state index is 11.3. The van der Waals surface area contributed by atoms with Crippen molar-refractivity contribution in [3.63, 3.8) is 0 Å². The van der Waals surface area contributed by atoms with E-state index in [1.807, 2.05) is 0 Å². The first-order valence-electron chi connectivity index (χ1n) is 4.75. The summed E-state index contributed by atoms with van der Waals surface area (Å²) in [6, 6.07) is -1.15. The Kier molecular flexibility index (Phi) is 6.96. The molecule has 81 valence electrons. The number of nitrogens with two attached hydrogens (primary N) is 2. The van der Waals surface area contributed by atoms with Crippen molar-refractivity contribution in [3.05, 3.63) is 0 Å². The van der Waals surface area contributed by atoms with Crippen molar-refractivity contribution in [2.24, 2.45) is 11.5 Å². The summed E-state index contributed by atoms with van der Waals surface area (Å²) >= 11 is 0. The van der Waals surface area contributed by atoms with Crippen LogP contribution in [0, 0.1) is 0 Å². The van der Waals surface area contributed by atoms with Crippen molar-refractivity contribution < 1.29 is 9.59 Å². The fraction of sp³-hybridized carbons (Fsp3) is 0.778. The van der Waals surface area contributed by atoms with Crippen LogP contribution >= 0.6 is 0 Å². The van der Waals surface area contributed by atoms with Gasteiger partial charge in [0.15, 0.2) is 0 Å². The Bertz CT molecular complexity index is 185. The van der Waals surface area contributed by atoms with Crippen LogP contribution in [0.15, 0.2) is 0 Å². The summed E-state index contributed by atoms with van der Waals surface area (Å²) in [6.07, 6.45) is 3.93. The summed E-state index contributed by atoms with van der Waals surface area (Å²) < 4.78 is 0. The van der Waals surface area contributed by atoms with Crippen LogP contribution in [0.25, 0.3) is 0 Å². The molecule has 0 aromatic rings. The van der Waals surface area contributed by atoms with Gasteiger partial charge in [-0.25, -0.2) is 0 Å². The Morgan fingerprint density at radius 1 is 1.50 bits per heavy atom. The van der Waals surface area contributed by atoms with E-state index >= 15 is 0 Å². The van der Waals surface area contributed by atoms with Crippen molar-refractivity contribution in [2.75, 3.05) is 6.54 Å². The van der Waals surface area contributed by atoms with Crippen LogP contribution in [-0.4, -0.2) is 30.8 Å². The lowest BCUT2D eigenvalue weighted by Gasteiger charge is -2.12. The molecule has 14 heavy (non-hydrogen) atoms. The minimum atomic E-state index is -0.594. The van der Waals surface area contributed by atoms with Crippen molar-refractivity contribution in [1.82, 2.24) is 5.32 Å². The van der Waals surface area contributed by atoms with Gasteiger partial charge >= 0.3 is 0 Å². The summed E-state index contributed by atoms with van der Waals surface area (Å²) in [6.45, 7) is 2.16. The van der Waals surface area contributed by atoms with Crippen LogP contribution in [0.4, 0.5) is 0 Å². The molecule has 0 aromatic carbocycles. The minimum absolute atomic E-state index is 0.308. The molecule has 0 heterocycles. The maximum Gasteiger partial charge on any atom is 0.237 e. The third-order valence-corrected chi connectivity index (χ3v) is 1.84. The van der Waals surface area contributed by atoms with E-state index in [9.17, 15) is 9.59 Å². The predicted molar refractivity (Wildman–Crippen MR) is 54.2 cm³/mol. The van der Waals surface area contributed by atoms with Gasteiger partial charge in [-0.3, -0.25) is 9.59 Å². The number of carbonyl (C=O) groups is 1. The van der Waals surface area contributed by atoms with Crippen LogP contribution in [0.3, 0.4) is 0 Å². The quantitative estimate of drug-likeness (QED) is 0.462. The standard InChI is InChI=1S/C9H18N3O2/c1-7(6-13)12-9(14)8(11)4-2-3-5-10/h7-8H,2-5,10-11H2,1H3,(H,12,14)/t7-,8+/m1/s1. The number of unbranched alkanes of at least 4 members (excludes halogenated alkanes) is 1. The second kappa shape index (κ2) is 7.46. The highest BCUT2D eigenvalue weighted by molar-refractivity contribution is 5.84. The highest BCUT2D eigenvalue weighted by Crippen LogP contribution is 1.98. The van der Waals surface area contributed by atoms with Gasteiger partial charge in [0.2, 0.25) is 12.2 Å². The third-order valence-electron chi connectivity index (χ3n) is 1.84. The molecule has 0 rings (SSSR count). The zero-order chi connectivity index (χ0) is 11.0. The number of hydrogen-bond donors (Lipinski definition) is 3. The maximum absolute atomic E-state index is 11.3. The molecule has 5 heteroatoms. The molecule has 0 aromatic heterocycles. The SMILES string of the molecule is C[C@H]([C]=O)NC(=O)[C@@H](N)CCCCN. The molecule has 0 spiro atoms. The van der Waals surface area contributed by atoms with Gasteiger partial charge < -0.3 is 16.8 Å². The molecule has 0 saturated heterocycles. The Morgan fingerprint density at radius 3 is 2.64 bits per heavy atom. The normalized spacial score (nSPS) is 14.5. The van der Waals surface area contributed by atoms with E-state index in [1.54, 1.807) is 13.2 Å². The molecule has 0 aliphatic heterocycles. The number of carbonyl (C=O) groups excluding carboxylic acids is 2. The number of hydrogen-bond acceptors (Lipinski definition) is 4. The van der Waals surface area contributed by atoms with Crippen LogP contribution in [0.2, 0.25) is 0 Å². The van der Waals surface area contributed by atoms with Crippen molar-refractivity contribution >= 4 is 12.2 Å². The smallest absolute Gasteiger partial charge is 0.237 e. The topological polar surface area (TPSA) is 98.2 Å². The molecular weight excluding hydrogens is 182 g/mol. The van der Waals surface area contributed by atoms with Gasteiger partial charge in [0.05, 0.1) is 12.1 Å². The van der Waals surface area contributed by atoms with Gasteiger partial charge in [0.1, 0.15) is 0 Å². The molecule has 0 fully saturated rings. The highest BCUT2D eigenvalue weighted by Gasteiger charge is 2.14. The van der Waals surface area contributed by atoms with E-state index in [2.05, 4.69) is 5.32 Å². The summed E-state index contributed by atoms with van der Waals surface area (Å²) in [5, 5.41) is 2.44. The summed E-state index contributed by atoms with van der Waals surface area (Å²) in [7, 11) is 0. The molecule has 5 nitrogen and oxygen atoms in total. The molecule has 5 N–H and O–H groups in total. The van der Waals surface area contributed by atoms with E-state index < -0.39 is 12.1 Å². The van der Waals surface area contributed by atoms with Crippen molar-refractivity contribution in [2.45, 2.75) is 38.3 Å². The van der Waals surface area contributed by atoms with Gasteiger partial charge in [-0.2, -0.15) is 0 Å². The van der Waals surface area contributed by atoms with E-state index in [-0.39, 0.29) is 5.91 Å². The first kappa shape index (κ1) is 13.1. The van der Waals surface area contributed by atoms with Crippen LogP contribution < -0.4 is 16.8 Å². The van der Waals surface area contributed by atoms with Crippen molar-refractivity contribution in [1.29, 1.82) is 0 Å². The molecule has 0 unspecified atom stereocenters. The second-order valence-electron chi connectivity index (χ2n) is 3.24. The predicted octanol–water partition coefficient (Wildman–Crippen LogP) is -0.943. The van der Waals surface area contributed by atoms with Crippen LogP contribution in [-0.2, 0) is 9.59 Å². The Morgan fingerprint density at radius 2 is 2.14 bits per heavy atom. The fourth-order valence-corrected chi connectivity index (χ4v) is 0.990. The third kappa shape index (κ3) is 5.66. The zero-order valence-electron chi connectivity index (χ0n) is 8.45. The van der Waals surface area contributed by atoms with Gasteiger partial charge in [0, 0.05) is 0 Å². The first-order valence-corrected chi connectivity index (χ1v) is 4.75. The lowest BCUT2D eigenvalue weighted by atomic mass is 10.1. The van der Waals surface area contributed by atoms with Gasteiger partial charge in [0.25, 0.3) is 0 Å². The monoisotopic (exact) mass is 200 g/mol. The summed E-state index contributed by atoms with van der Waals surface area (Å²) in [5.41, 5.74) is 10.9. The minimum Gasteiger partial charge on any atom is -0.345 e. The van der Waals surface area contributed by atoms with E-state index in [1.165, 1.54) is 0 Å². The molecular formula is C9H18N3O2. The second-order valence-corrected chi connectivity index (χ2v) is 3.24. The summed E-state index contributed by atoms with van der Waals surface area (Å²) in [4.78, 5) is 21.4. The molecule has 0 bridgehead atoms. The average Bonchev–Trinajstić information content (AvgIpc) is 2.17. The lowest BCUT2D eigenvalue weighted by Crippen LogP contribution is -2.44. The van der Waals surface area contributed by atoms with Gasteiger partial charge in [-0.15, -0.1) is 0 Å². The van der Waals surface area contributed by atoms with Crippen LogP contribution in [0.1, 0.15) is 26.2 Å². The lowest BCUT2D eigenvalue weighted by molar-refractivity contribution is -0.122. The van der Waals surface area contributed by atoms with E-state index in [0.29, 0.717) is 13.0 Å².